The third-order valence-corrected chi connectivity index (χ3v) is 3.42. The Labute approximate surface area is 115 Å². The molecule has 3 N–H and O–H groups in total. The van der Waals surface area contributed by atoms with Gasteiger partial charge in [-0.15, -0.1) is 0 Å². The van der Waals surface area contributed by atoms with Crippen LogP contribution >= 0.6 is 23.2 Å². The zero-order valence-electron chi connectivity index (χ0n) is 9.71. The summed E-state index contributed by atoms with van der Waals surface area (Å²) in [5.41, 5.74) is 6.07. The molecule has 0 saturated heterocycles. The van der Waals surface area contributed by atoms with Crippen molar-refractivity contribution in [3.63, 3.8) is 0 Å². The second-order valence-electron chi connectivity index (χ2n) is 4.34. The number of nitrogens with one attached hydrogen (secondary N) is 1. The van der Waals surface area contributed by atoms with Gasteiger partial charge in [0, 0.05) is 12.6 Å². The first-order valence-electron chi connectivity index (χ1n) is 5.70. The molecule has 0 heterocycles. The van der Waals surface area contributed by atoms with Crippen LogP contribution in [0.25, 0.3) is 0 Å². The summed E-state index contributed by atoms with van der Waals surface area (Å²) in [6, 6.07) is 3.01. The molecule has 1 aliphatic carbocycles. The van der Waals surface area contributed by atoms with E-state index in [4.69, 9.17) is 33.7 Å². The summed E-state index contributed by atoms with van der Waals surface area (Å²) in [7, 11) is 0. The highest BCUT2D eigenvalue weighted by molar-refractivity contribution is 6.42. The lowest BCUT2D eigenvalue weighted by atomic mass is 10.3. The fourth-order valence-corrected chi connectivity index (χ4v) is 1.77. The Morgan fingerprint density at radius 2 is 2.06 bits per heavy atom. The Balaban J connectivity index is 1.84. The molecule has 1 aromatic rings. The number of rotatable bonds is 5. The van der Waals surface area contributed by atoms with E-state index >= 15 is 0 Å². The van der Waals surface area contributed by atoms with Gasteiger partial charge >= 0.3 is 0 Å². The van der Waals surface area contributed by atoms with Crippen molar-refractivity contribution >= 4 is 34.8 Å². The molecule has 1 aliphatic rings. The van der Waals surface area contributed by atoms with E-state index in [1.807, 2.05) is 0 Å². The molecule has 0 bridgehead atoms. The van der Waals surface area contributed by atoms with Gasteiger partial charge in [0.15, 0.2) is 6.61 Å². The van der Waals surface area contributed by atoms with Crippen molar-refractivity contribution in [2.24, 2.45) is 5.92 Å². The summed E-state index contributed by atoms with van der Waals surface area (Å²) in [6.07, 6.45) is 2.39. The number of halogens is 2. The average molecular weight is 289 g/mol. The molecule has 6 heteroatoms. The third kappa shape index (κ3) is 3.68. The van der Waals surface area contributed by atoms with Gasteiger partial charge in [-0.2, -0.15) is 0 Å². The number of carbonyl (C=O) groups excluding carboxylic acids is 1. The minimum atomic E-state index is -0.160. The summed E-state index contributed by atoms with van der Waals surface area (Å²) < 4.78 is 5.31. The maximum absolute atomic E-state index is 11.5. The van der Waals surface area contributed by atoms with Gasteiger partial charge in [-0.1, -0.05) is 23.2 Å². The summed E-state index contributed by atoms with van der Waals surface area (Å²) in [5, 5.41) is 3.50. The summed E-state index contributed by atoms with van der Waals surface area (Å²) in [5.74, 6) is 0.849. The Morgan fingerprint density at radius 1 is 1.39 bits per heavy atom. The van der Waals surface area contributed by atoms with Crippen molar-refractivity contribution < 1.29 is 9.53 Å². The van der Waals surface area contributed by atoms with Crippen molar-refractivity contribution in [3.05, 3.63) is 22.2 Å². The minimum absolute atomic E-state index is 0.0745. The smallest absolute Gasteiger partial charge is 0.257 e. The molecule has 0 aliphatic heterocycles. The summed E-state index contributed by atoms with van der Waals surface area (Å²) in [4.78, 5) is 11.5. The topological polar surface area (TPSA) is 64.3 Å². The van der Waals surface area contributed by atoms with Crippen molar-refractivity contribution in [2.45, 2.75) is 12.8 Å². The van der Waals surface area contributed by atoms with E-state index in [1.54, 1.807) is 0 Å². The number of anilines is 1. The van der Waals surface area contributed by atoms with Crippen LogP contribution in [0.3, 0.4) is 0 Å². The largest absolute Gasteiger partial charge is 0.482 e. The molecular formula is C12H14Cl2N2O2. The van der Waals surface area contributed by atoms with Gasteiger partial charge in [-0.25, -0.2) is 0 Å². The van der Waals surface area contributed by atoms with E-state index in [-0.39, 0.29) is 12.5 Å². The number of hydrogen-bond acceptors (Lipinski definition) is 3. The van der Waals surface area contributed by atoms with Gasteiger partial charge in [0.05, 0.1) is 15.7 Å². The lowest BCUT2D eigenvalue weighted by Gasteiger charge is -2.10. The number of ether oxygens (including phenoxy) is 1. The highest BCUT2D eigenvalue weighted by Gasteiger charge is 2.21. The number of benzene rings is 1. The maximum Gasteiger partial charge on any atom is 0.257 e. The van der Waals surface area contributed by atoms with Crippen LogP contribution in [0.15, 0.2) is 12.1 Å². The Morgan fingerprint density at radius 3 is 2.72 bits per heavy atom. The lowest BCUT2D eigenvalue weighted by molar-refractivity contribution is -0.123. The van der Waals surface area contributed by atoms with Crippen LogP contribution in [0.2, 0.25) is 10.0 Å². The number of carbonyl (C=O) groups is 1. The van der Waals surface area contributed by atoms with E-state index in [9.17, 15) is 4.79 Å². The molecule has 18 heavy (non-hydrogen) atoms. The van der Waals surface area contributed by atoms with Crippen LogP contribution in [-0.2, 0) is 4.79 Å². The first-order valence-corrected chi connectivity index (χ1v) is 6.46. The highest BCUT2D eigenvalue weighted by Crippen LogP contribution is 2.32. The third-order valence-electron chi connectivity index (χ3n) is 2.70. The molecule has 0 atom stereocenters. The summed E-state index contributed by atoms with van der Waals surface area (Å²) >= 11 is 11.6. The lowest BCUT2D eigenvalue weighted by Crippen LogP contribution is -2.30. The number of hydrogen-bond donors (Lipinski definition) is 2. The molecule has 0 spiro atoms. The van der Waals surface area contributed by atoms with Crippen LogP contribution in [0.5, 0.6) is 5.75 Å². The van der Waals surface area contributed by atoms with Gasteiger partial charge in [0.2, 0.25) is 0 Å². The Kier molecular flexibility index (Phi) is 4.19. The van der Waals surface area contributed by atoms with E-state index in [1.165, 1.54) is 25.0 Å². The molecule has 0 radical (unpaired) electrons. The van der Waals surface area contributed by atoms with E-state index < -0.39 is 0 Å². The van der Waals surface area contributed by atoms with E-state index in [0.717, 1.165) is 6.54 Å². The molecule has 1 fully saturated rings. The Bertz CT molecular complexity index is 462. The van der Waals surface area contributed by atoms with Crippen LogP contribution < -0.4 is 15.8 Å². The number of nitrogens with two attached hydrogens (primary N) is 1. The number of nitrogen functional groups attached to an aromatic ring is 1. The summed E-state index contributed by atoms with van der Waals surface area (Å²) in [6.45, 7) is 0.647. The highest BCUT2D eigenvalue weighted by atomic mass is 35.5. The minimum Gasteiger partial charge on any atom is -0.482 e. The SMILES string of the molecule is Nc1cc(Cl)c(Cl)cc1OCC(=O)NCC1CC1. The maximum atomic E-state index is 11.5. The normalized spacial score (nSPS) is 14.3. The molecular weight excluding hydrogens is 275 g/mol. The first-order chi connectivity index (χ1) is 8.56. The van der Waals surface area contributed by atoms with Gasteiger partial charge in [-0.05, 0) is 24.8 Å². The Hall–Kier alpha value is -1.13. The standard InChI is InChI=1S/C12H14Cl2N2O2/c13-8-3-10(15)11(4-9(8)14)18-6-12(17)16-5-7-1-2-7/h3-4,7H,1-2,5-6,15H2,(H,16,17). The molecule has 98 valence electrons. The average Bonchev–Trinajstić information content (AvgIpc) is 3.13. The van der Waals surface area contributed by atoms with Crippen LogP contribution in [0.1, 0.15) is 12.8 Å². The molecule has 4 nitrogen and oxygen atoms in total. The molecule has 1 amide bonds. The van der Waals surface area contributed by atoms with Gasteiger partial charge in [-0.3, -0.25) is 4.79 Å². The van der Waals surface area contributed by atoms with Crippen LogP contribution in [0.4, 0.5) is 5.69 Å². The van der Waals surface area contributed by atoms with Crippen molar-refractivity contribution in [1.29, 1.82) is 0 Å². The number of amides is 1. The molecule has 2 rings (SSSR count). The fraction of sp³-hybridized carbons (Fsp3) is 0.417. The monoisotopic (exact) mass is 288 g/mol. The van der Waals surface area contributed by atoms with Crippen molar-refractivity contribution in [1.82, 2.24) is 5.32 Å². The van der Waals surface area contributed by atoms with Gasteiger partial charge < -0.3 is 15.8 Å². The van der Waals surface area contributed by atoms with Crippen molar-refractivity contribution in [3.8, 4) is 5.75 Å². The zero-order chi connectivity index (χ0) is 13.1. The molecule has 0 aromatic heterocycles. The second-order valence-corrected chi connectivity index (χ2v) is 5.15. The molecule has 1 aromatic carbocycles. The van der Waals surface area contributed by atoms with E-state index in [0.29, 0.717) is 27.4 Å². The quantitative estimate of drug-likeness (QED) is 0.818. The fourth-order valence-electron chi connectivity index (χ4n) is 1.44. The van der Waals surface area contributed by atoms with Crippen molar-refractivity contribution in [2.75, 3.05) is 18.9 Å². The first kappa shape index (κ1) is 13.3. The van der Waals surface area contributed by atoms with Crippen LogP contribution in [0, 0.1) is 5.92 Å². The molecule has 0 unspecified atom stereocenters. The second kappa shape index (κ2) is 5.67. The van der Waals surface area contributed by atoms with Gasteiger partial charge in [0.1, 0.15) is 5.75 Å². The zero-order valence-corrected chi connectivity index (χ0v) is 11.2. The predicted octanol–water partition coefficient (Wildman–Crippen LogP) is 2.48. The van der Waals surface area contributed by atoms with E-state index in [2.05, 4.69) is 5.32 Å². The predicted molar refractivity (Wildman–Crippen MR) is 72.1 cm³/mol. The molecule has 1 saturated carbocycles. The van der Waals surface area contributed by atoms with Crippen LogP contribution in [-0.4, -0.2) is 19.1 Å². The van der Waals surface area contributed by atoms with Gasteiger partial charge in [0.25, 0.3) is 5.91 Å².